The van der Waals surface area contributed by atoms with Crippen LogP contribution >= 0.6 is 11.6 Å². The number of halogens is 1. The maximum absolute atomic E-state index is 13.3. The van der Waals surface area contributed by atoms with Crippen LogP contribution in [0.1, 0.15) is 59.7 Å². The Morgan fingerprint density at radius 3 is 2.51 bits per heavy atom. The lowest BCUT2D eigenvalue weighted by molar-refractivity contribution is 0.0950. The summed E-state index contributed by atoms with van der Waals surface area (Å²) in [4.78, 5) is 30.8. The van der Waals surface area contributed by atoms with Crippen LogP contribution in [0.15, 0.2) is 29.2 Å². The number of hydrogen-bond donors (Lipinski definition) is 2. The minimum atomic E-state index is -0.243. The summed E-state index contributed by atoms with van der Waals surface area (Å²) in [5.74, 6) is -0.243. The Balaban J connectivity index is 1.55. The number of nitrogens with zero attached hydrogens (tertiary/aromatic N) is 4. The lowest BCUT2D eigenvalue weighted by Gasteiger charge is -2.40. The highest BCUT2D eigenvalue weighted by Gasteiger charge is 2.28. The molecule has 188 valence electrons. The van der Waals surface area contributed by atoms with Crippen LogP contribution in [-0.2, 0) is 6.54 Å². The molecule has 0 unspecified atom stereocenters. The highest BCUT2D eigenvalue weighted by Crippen LogP contribution is 2.34. The molecule has 9 heteroatoms. The van der Waals surface area contributed by atoms with E-state index in [4.69, 9.17) is 11.6 Å². The zero-order valence-corrected chi connectivity index (χ0v) is 21.9. The summed E-state index contributed by atoms with van der Waals surface area (Å²) in [7, 11) is 4.30. The average molecular weight is 499 g/mol. The molecule has 0 atom stereocenters. The summed E-state index contributed by atoms with van der Waals surface area (Å²) in [6, 6.07) is 6.61. The van der Waals surface area contributed by atoms with E-state index in [9.17, 15) is 9.59 Å². The van der Waals surface area contributed by atoms with Crippen molar-refractivity contribution in [2.24, 2.45) is 0 Å². The van der Waals surface area contributed by atoms with Crippen LogP contribution in [-0.4, -0.2) is 58.4 Å². The predicted octanol–water partition coefficient (Wildman–Crippen LogP) is 3.92. The lowest BCUT2D eigenvalue weighted by Crippen LogP contribution is -2.42. The summed E-state index contributed by atoms with van der Waals surface area (Å²) in [5.41, 5.74) is 4.25. The molecule has 2 N–H and O–H groups in total. The molecule has 1 amide bonds. The van der Waals surface area contributed by atoms with E-state index in [2.05, 4.69) is 46.4 Å². The molecule has 2 heterocycles. The lowest BCUT2D eigenvalue weighted by atomic mass is 9.89. The van der Waals surface area contributed by atoms with E-state index in [-0.39, 0.29) is 18.0 Å². The summed E-state index contributed by atoms with van der Waals surface area (Å²) >= 11 is 6.51. The second-order valence-electron chi connectivity index (χ2n) is 9.72. The quantitative estimate of drug-likeness (QED) is 0.515. The number of carbonyl (C=O) groups is 1. The van der Waals surface area contributed by atoms with Gasteiger partial charge >= 0.3 is 0 Å². The highest BCUT2D eigenvalue weighted by atomic mass is 35.5. The van der Waals surface area contributed by atoms with Gasteiger partial charge in [-0.15, -0.1) is 0 Å². The van der Waals surface area contributed by atoms with E-state index in [1.807, 2.05) is 26.0 Å². The van der Waals surface area contributed by atoms with Crippen LogP contribution < -0.4 is 15.8 Å². The molecule has 0 spiro atoms. The number of rotatable bonds is 7. The van der Waals surface area contributed by atoms with Crippen LogP contribution in [0.2, 0.25) is 5.02 Å². The smallest absolute Gasteiger partial charge is 0.276 e. The number of fused-ring (bicyclic) bond motifs is 1. The molecule has 4 rings (SSSR count). The minimum Gasteiger partial charge on any atom is -0.369 e. The van der Waals surface area contributed by atoms with E-state index in [1.54, 1.807) is 12.3 Å². The van der Waals surface area contributed by atoms with E-state index < -0.39 is 0 Å². The second-order valence-corrected chi connectivity index (χ2v) is 10.2. The van der Waals surface area contributed by atoms with Crippen molar-refractivity contribution in [2.75, 3.05) is 25.5 Å². The van der Waals surface area contributed by atoms with Gasteiger partial charge in [-0.1, -0.05) is 11.6 Å². The molecular weight excluding hydrogens is 464 g/mol. The number of pyridine rings is 1. The number of aromatic nitrogens is 3. The number of H-pyrrole nitrogens is 1. The van der Waals surface area contributed by atoms with Crippen molar-refractivity contribution in [1.29, 1.82) is 0 Å². The molecule has 8 nitrogen and oxygen atoms in total. The van der Waals surface area contributed by atoms with Crippen molar-refractivity contribution in [1.82, 2.24) is 25.0 Å². The third kappa shape index (κ3) is 5.09. The molecule has 1 aliphatic rings. The number of amides is 1. The normalized spacial score (nSPS) is 18.3. The Bertz CT molecular complexity index is 1270. The Kier molecular flexibility index (Phi) is 7.52. The van der Waals surface area contributed by atoms with Crippen molar-refractivity contribution >= 4 is 28.7 Å². The van der Waals surface area contributed by atoms with Gasteiger partial charge < -0.3 is 15.1 Å². The molecular formula is C26H35ClN6O2. The first-order chi connectivity index (χ1) is 16.7. The van der Waals surface area contributed by atoms with Crippen molar-refractivity contribution in [3.8, 4) is 0 Å². The van der Waals surface area contributed by atoms with Gasteiger partial charge in [0.2, 0.25) is 0 Å². The first-order valence-corrected chi connectivity index (χ1v) is 12.6. The monoisotopic (exact) mass is 498 g/mol. The zero-order chi connectivity index (χ0) is 25.3. The van der Waals surface area contributed by atoms with Crippen molar-refractivity contribution in [3.63, 3.8) is 0 Å². The SMILES string of the molecule is CCN(c1cc(Cl)cc(C(=O)NCc2c(C)cc3cn[nH]n3c2=O)c1C)[C@H]1CC[C@H](N(C)C)CC1. The Labute approximate surface area is 211 Å². The Hall–Kier alpha value is -2.84. The van der Waals surface area contributed by atoms with Gasteiger partial charge in [0.1, 0.15) is 0 Å². The van der Waals surface area contributed by atoms with Gasteiger partial charge in [0.15, 0.2) is 0 Å². The number of aryl methyl sites for hydroxylation is 1. The van der Waals surface area contributed by atoms with Gasteiger partial charge in [0, 0.05) is 47.0 Å². The third-order valence-corrected chi connectivity index (χ3v) is 7.64. The predicted molar refractivity (Wildman–Crippen MR) is 141 cm³/mol. The fourth-order valence-electron chi connectivity index (χ4n) is 5.33. The first kappa shape index (κ1) is 25.3. The van der Waals surface area contributed by atoms with Gasteiger partial charge in [0.25, 0.3) is 11.5 Å². The summed E-state index contributed by atoms with van der Waals surface area (Å²) in [6.45, 7) is 6.96. The number of carbonyl (C=O) groups excluding carboxylic acids is 1. The fraction of sp³-hybridized carbons (Fsp3) is 0.500. The van der Waals surface area contributed by atoms with Crippen LogP contribution in [0.4, 0.5) is 5.69 Å². The van der Waals surface area contributed by atoms with Crippen molar-refractivity contribution in [2.45, 2.75) is 65.1 Å². The van der Waals surface area contributed by atoms with Crippen LogP contribution in [0.5, 0.6) is 0 Å². The van der Waals surface area contributed by atoms with Crippen LogP contribution in [0, 0.1) is 13.8 Å². The molecule has 1 fully saturated rings. The van der Waals surface area contributed by atoms with Crippen LogP contribution in [0.25, 0.3) is 5.52 Å². The fourth-order valence-corrected chi connectivity index (χ4v) is 5.55. The molecule has 0 radical (unpaired) electrons. The standard InChI is InChI=1S/C26H35ClN6O2/c1-6-32(20-9-7-19(8-10-20)31(4)5)24-13-18(27)12-22(17(24)3)25(34)28-15-23-16(2)11-21-14-29-30-33(21)26(23)35/h11-14,19-20,30H,6-10,15H2,1-5H3,(H,28,34)/t19-,20-. The summed E-state index contributed by atoms with van der Waals surface area (Å²) in [6.07, 6.45) is 6.15. The molecule has 35 heavy (non-hydrogen) atoms. The number of benzene rings is 1. The second kappa shape index (κ2) is 10.4. The maximum Gasteiger partial charge on any atom is 0.276 e. The van der Waals surface area contributed by atoms with E-state index >= 15 is 0 Å². The third-order valence-electron chi connectivity index (χ3n) is 7.42. The van der Waals surface area contributed by atoms with E-state index in [0.717, 1.165) is 49.0 Å². The molecule has 3 aromatic rings. The molecule has 1 saturated carbocycles. The number of hydrogen-bond acceptors (Lipinski definition) is 5. The summed E-state index contributed by atoms with van der Waals surface area (Å²) in [5, 5.41) is 10.1. The van der Waals surface area contributed by atoms with Gasteiger partial charge in [-0.05, 0) is 89.9 Å². The average Bonchev–Trinajstić information content (AvgIpc) is 3.30. The summed E-state index contributed by atoms with van der Waals surface area (Å²) < 4.78 is 1.38. The first-order valence-electron chi connectivity index (χ1n) is 12.3. The zero-order valence-electron chi connectivity index (χ0n) is 21.2. The largest absolute Gasteiger partial charge is 0.369 e. The maximum atomic E-state index is 13.3. The van der Waals surface area contributed by atoms with Gasteiger partial charge in [-0.2, -0.15) is 5.10 Å². The Morgan fingerprint density at radius 1 is 1.17 bits per heavy atom. The van der Waals surface area contributed by atoms with Gasteiger partial charge in [-0.25, -0.2) is 9.73 Å². The van der Waals surface area contributed by atoms with E-state index in [0.29, 0.717) is 33.7 Å². The topological polar surface area (TPSA) is 85.7 Å². The molecule has 2 aromatic heterocycles. The van der Waals surface area contributed by atoms with Crippen LogP contribution in [0.3, 0.4) is 0 Å². The number of anilines is 1. The molecule has 0 saturated heterocycles. The number of nitrogens with one attached hydrogen (secondary N) is 2. The van der Waals surface area contributed by atoms with Crippen molar-refractivity contribution < 1.29 is 4.79 Å². The van der Waals surface area contributed by atoms with Gasteiger partial charge in [-0.3, -0.25) is 9.59 Å². The molecule has 0 bridgehead atoms. The van der Waals surface area contributed by atoms with Gasteiger partial charge in [0.05, 0.1) is 11.7 Å². The Morgan fingerprint density at radius 2 is 1.86 bits per heavy atom. The number of aromatic amines is 1. The highest BCUT2D eigenvalue weighted by molar-refractivity contribution is 6.31. The minimum absolute atomic E-state index is 0.124. The molecule has 1 aromatic carbocycles. The van der Waals surface area contributed by atoms with Crippen molar-refractivity contribution in [3.05, 3.63) is 62.0 Å². The molecule has 0 aliphatic heterocycles. The van der Waals surface area contributed by atoms with E-state index in [1.165, 1.54) is 4.52 Å². The molecule has 1 aliphatic carbocycles.